The molecule has 0 aliphatic carbocycles. The summed E-state index contributed by atoms with van der Waals surface area (Å²) in [6, 6.07) is 20.6. The first-order valence-electron chi connectivity index (χ1n) is 9.56. The zero-order valence-corrected chi connectivity index (χ0v) is 16.1. The predicted molar refractivity (Wildman–Crippen MR) is 116 cm³/mol. The van der Waals surface area contributed by atoms with Crippen LogP contribution in [0.1, 0.15) is 22.3 Å². The number of fused-ring (bicyclic) bond motifs is 1. The summed E-state index contributed by atoms with van der Waals surface area (Å²) in [5.41, 5.74) is 9.94. The number of aromatic amines is 1. The average molecular weight is 401 g/mol. The Labute approximate surface area is 172 Å². The number of rotatable bonds is 6. The quantitative estimate of drug-likeness (QED) is 0.439. The molecule has 0 fully saturated rings. The van der Waals surface area contributed by atoms with Gasteiger partial charge in [0.05, 0.1) is 0 Å². The highest BCUT2D eigenvalue weighted by Crippen LogP contribution is 2.31. The van der Waals surface area contributed by atoms with Crippen molar-refractivity contribution in [2.45, 2.75) is 12.8 Å². The Kier molecular flexibility index (Phi) is 5.30. The molecule has 0 bridgehead atoms. The number of amides is 2. The van der Waals surface area contributed by atoms with E-state index in [2.05, 4.69) is 10.3 Å². The van der Waals surface area contributed by atoms with E-state index in [0.29, 0.717) is 17.7 Å². The minimum Gasteiger partial charge on any atom is -0.366 e. The van der Waals surface area contributed by atoms with Gasteiger partial charge in [0.1, 0.15) is 5.82 Å². The van der Waals surface area contributed by atoms with Crippen LogP contribution >= 0.6 is 0 Å². The van der Waals surface area contributed by atoms with Gasteiger partial charge in [-0.1, -0.05) is 18.2 Å². The Morgan fingerprint density at radius 2 is 1.63 bits per heavy atom. The van der Waals surface area contributed by atoms with Gasteiger partial charge < -0.3 is 16.0 Å². The van der Waals surface area contributed by atoms with Crippen LogP contribution in [0.5, 0.6) is 0 Å². The summed E-state index contributed by atoms with van der Waals surface area (Å²) in [6.45, 7) is 0. The van der Waals surface area contributed by atoms with E-state index in [1.165, 1.54) is 12.1 Å². The molecule has 0 radical (unpaired) electrons. The van der Waals surface area contributed by atoms with Gasteiger partial charge in [-0.05, 0) is 72.1 Å². The predicted octanol–water partition coefficient (Wildman–Crippen LogP) is 4.64. The molecule has 0 aliphatic rings. The summed E-state index contributed by atoms with van der Waals surface area (Å²) in [4.78, 5) is 27.0. The van der Waals surface area contributed by atoms with Crippen LogP contribution in [0, 0.1) is 5.82 Å². The van der Waals surface area contributed by atoms with Crippen molar-refractivity contribution in [2.75, 3.05) is 5.32 Å². The van der Waals surface area contributed by atoms with E-state index in [0.717, 1.165) is 27.7 Å². The third kappa shape index (κ3) is 4.07. The van der Waals surface area contributed by atoms with Crippen molar-refractivity contribution in [1.29, 1.82) is 0 Å². The summed E-state index contributed by atoms with van der Waals surface area (Å²) in [5.74, 6) is -0.948. The monoisotopic (exact) mass is 401 g/mol. The topological polar surface area (TPSA) is 88.0 Å². The summed E-state index contributed by atoms with van der Waals surface area (Å²) in [7, 11) is 0. The maximum atomic E-state index is 13.3. The van der Waals surface area contributed by atoms with Crippen LogP contribution in [0.2, 0.25) is 0 Å². The molecule has 0 spiro atoms. The lowest BCUT2D eigenvalue weighted by molar-refractivity contribution is -0.116. The van der Waals surface area contributed by atoms with Crippen LogP contribution in [0.25, 0.3) is 22.2 Å². The number of nitrogens with two attached hydrogens (primary N) is 1. The van der Waals surface area contributed by atoms with Gasteiger partial charge in [0, 0.05) is 34.3 Å². The number of aromatic nitrogens is 1. The standard InChI is InChI=1S/C24H20FN3O2/c25-17-9-5-15(6-10-17)23-20(19-3-1-2-4-21(19)28-23)13-14-22(29)27-18-11-7-16(8-12-18)24(26)30/h1-12,28H,13-14H2,(H2,26,30)(H,27,29). The van der Waals surface area contributed by atoms with Crippen LogP contribution in [-0.2, 0) is 11.2 Å². The van der Waals surface area contributed by atoms with Crippen molar-refractivity contribution in [1.82, 2.24) is 4.98 Å². The summed E-state index contributed by atoms with van der Waals surface area (Å²) < 4.78 is 13.3. The molecule has 0 unspecified atom stereocenters. The molecule has 1 heterocycles. The lowest BCUT2D eigenvalue weighted by Crippen LogP contribution is -2.13. The Hall–Kier alpha value is -3.93. The number of halogens is 1. The molecule has 2 amide bonds. The number of hydrogen-bond donors (Lipinski definition) is 3. The van der Waals surface area contributed by atoms with Gasteiger partial charge in [0.15, 0.2) is 0 Å². The van der Waals surface area contributed by atoms with Crippen LogP contribution in [-0.4, -0.2) is 16.8 Å². The fourth-order valence-electron chi connectivity index (χ4n) is 3.50. The number of hydrogen-bond acceptors (Lipinski definition) is 2. The molecular weight excluding hydrogens is 381 g/mol. The molecule has 30 heavy (non-hydrogen) atoms. The Morgan fingerprint density at radius 3 is 2.33 bits per heavy atom. The van der Waals surface area contributed by atoms with Gasteiger partial charge in [-0.15, -0.1) is 0 Å². The molecule has 0 aliphatic heterocycles. The SMILES string of the molecule is NC(=O)c1ccc(NC(=O)CCc2c(-c3ccc(F)cc3)[nH]c3ccccc23)cc1. The number of H-pyrrole nitrogens is 1. The summed E-state index contributed by atoms with van der Waals surface area (Å²) in [6.07, 6.45) is 0.787. The van der Waals surface area contributed by atoms with Gasteiger partial charge in [-0.3, -0.25) is 9.59 Å². The molecule has 5 nitrogen and oxygen atoms in total. The number of primary amides is 1. The van der Waals surface area contributed by atoms with Crippen LogP contribution in [0.3, 0.4) is 0 Å². The molecule has 4 aromatic rings. The van der Waals surface area contributed by atoms with E-state index in [4.69, 9.17) is 5.73 Å². The molecule has 0 atom stereocenters. The van der Waals surface area contributed by atoms with Crippen molar-refractivity contribution in [2.24, 2.45) is 5.73 Å². The largest absolute Gasteiger partial charge is 0.366 e. The zero-order valence-electron chi connectivity index (χ0n) is 16.1. The van der Waals surface area contributed by atoms with Crippen LogP contribution in [0.15, 0.2) is 72.8 Å². The smallest absolute Gasteiger partial charge is 0.248 e. The molecule has 0 saturated heterocycles. The molecule has 4 N–H and O–H groups in total. The van der Waals surface area contributed by atoms with Gasteiger partial charge in [0.25, 0.3) is 0 Å². The van der Waals surface area contributed by atoms with E-state index in [1.54, 1.807) is 36.4 Å². The van der Waals surface area contributed by atoms with Crippen molar-refractivity contribution in [3.8, 4) is 11.3 Å². The fraction of sp³-hybridized carbons (Fsp3) is 0.0833. The Bertz CT molecular complexity index is 1210. The molecule has 4 rings (SSSR count). The first-order valence-corrected chi connectivity index (χ1v) is 9.56. The molecule has 3 aromatic carbocycles. The molecular formula is C24H20FN3O2. The fourth-order valence-corrected chi connectivity index (χ4v) is 3.50. The second kappa shape index (κ2) is 8.21. The highest BCUT2D eigenvalue weighted by atomic mass is 19.1. The number of carbonyl (C=O) groups excluding carboxylic acids is 2. The molecule has 0 saturated carbocycles. The number of aryl methyl sites for hydroxylation is 1. The number of para-hydroxylation sites is 1. The molecule has 6 heteroatoms. The second-order valence-electron chi connectivity index (χ2n) is 7.02. The normalized spacial score (nSPS) is 10.8. The van der Waals surface area contributed by atoms with Crippen molar-refractivity contribution in [3.05, 3.63) is 89.7 Å². The number of nitrogens with one attached hydrogen (secondary N) is 2. The first kappa shape index (κ1) is 19.4. The van der Waals surface area contributed by atoms with Crippen molar-refractivity contribution in [3.63, 3.8) is 0 Å². The van der Waals surface area contributed by atoms with E-state index in [1.807, 2.05) is 24.3 Å². The van der Waals surface area contributed by atoms with E-state index < -0.39 is 5.91 Å². The number of carbonyl (C=O) groups is 2. The zero-order chi connectivity index (χ0) is 21.1. The van der Waals surface area contributed by atoms with E-state index >= 15 is 0 Å². The van der Waals surface area contributed by atoms with Gasteiger partial charge in [-0.25, -0.2) is 4.39 Å². The molecule has 1 aromatic heterocycles. The second-order valence-corrected chi connectivity index (χ2v) is 7.02. The maximum Gasteiger partial charge on any atom is 0.248 e. The van der Waals surface area contributed by atoms with Crippen molar-refractivity contribution >= 4 is 28.4 Å². The van der Waals surface area contributed by atoms with Crippen molar-refractivity contribution < 1.29 is 14.0 Å². The third-order valence-electron chi connectivity index (χ3n) is 5.00. The van der Waals surface area contributed by atoms with Gasteiger partial charge >= 0.3 is 0 Å². The van der Waals surface area contributed by atoms with Crippen LogP contribution in [0.4, 0.5) is 10.1 Å². The summed E-state index contributed by atoms with van der Waals surface area (Å²) >= 11 is 0. The Balaban J connectivity index is 1.54. The lowest BCUT2D eigenvalue weighted by atomic mass is 10.0. The average Bonchev–Trinajstić information content (AvgIpc) is 3.12. The summed E-state index contributed by atoms with van der Waals surface area (Å²) in [5, 5.41) is 3.87. The number of anilines is 1. The van der Waals surface area contributed by atoms with Gasteiger partial charge in [-0.2, -0.15) is 0 Å². The Morgan fingerprint density at radius 1 is 0.933 bits per heavy atom. The number of benzene rings is 3. The molecule has 150 valence electrons. The van der Waals surface area contributed by atoms with Gasteiger partial charge in [0.2, 0.25) is 11.8 Å². The van der Waals surface area contributed by atoms with Crippen LogP contribution < -0.4 is 11.1 Å². The maximum absolute atomic E-state index is 13.3. The van der Waals surface area contributed by atoms with E-state index in [9.17, 15) is 14.0 Å². The first-order chi connectivity index (χ1) is 14.5. The lowest BCUT2D eigenvalue weighted by Gasteiger charge is -2.08. The third-order valence-corrected chi connectivity index (χ3v) is 5.00. The van der Waals surface area contributed by atoms with E-state index in [-0.39, 0.29) is 18.1 Å². The highest BCUT2D eigenvalue weighted by molar-refractivity contribution is 5.95. The highest BCUT2D eigenvalue weighted by Gasteiger charge is 2.15. The minimum absolute atomic E-state index is 0.142. The minimum atomic E-state index is -0.513.